The van der Waals surface area contributed by atoms with E-state index in [-0.39, 0.29) is 16.5 Å². The van der Waals surface area contributed by atoms with Crippen LogP contribution in [-0.4, -0.2) is 21.6 Å². The van der Waals surface area contributed by atoms with Crippen LogP contribution in [0.25, 0.3) is 0 Å². The van der Waals surface area contributed by atoms with E-state index in [1.807, 2.05) is 19.1 Å². The van der Waals surface area contributed by atoms with Crippen molar-refractivity contribution in [3.8, 4) is 5.75 Å². The van der Waals surface area contributed by atoms with Gasteiger partial charge in [0.2, 0.25) is 0 Å². The number of anilines is 1. The molecule has 0 amide bonds. The predicted molar refractivity (Wildman–Crippen MR) is 82.7 cm³/mol. The molecule has 1 aliphatic heterocycles. The summed E-state index contributed by atoms with van der Waals surface area (Å²) in [5, 5.41) is 0.221. The average Bonchev–Trinajstić information content (AvgIpc) is 2.46. The van der Waals surface area contributed by atoms with Crippen LogP contribution in [-0.2, 0) is 10.0 Å². The van der Waals surface area contributed by atoms with E-state index >= 15 is 0 Å². The van der Waals surface area contributed by atoms with Gasteiger partial charge in [-0.15, -0.1) is 0 Å². The van der Waals surface area contributed by atoms with Crippen molar-refractivity contribution in [2.45, 2.75) is 11.8 Å². The van der Waals surface area contributed by atoms with E-state index in [2.05, 4.69) is 0 Å². The molecule has 0 fully saturated rings. The lowest BCUT2D eigenvalue weighted by atomic mass is 10.2. The van der Waals surface area contributed by atoms with Crippen molar-refractivity contribution < 1.29 is 13.2 Å². The second-order valence-electron chi connectivity index (χ2n) is 4.83. The summed E-state index contributed by atoms with van der Waals surface area (Å²) in [5.74, 6) is 0.572. The minimum atomic E-state index is -3.70. The number of benzene rings is 2. The Labute approximate surface area is 129 Å². The molecule has 0 aromatic heterocycles. The predicted octanol–water partition coefficient (Wildman–Crippen LogP) is 3.24. The third-order valence-electron chi connectivity index (χ3n) is 3.34. The molecule has 2 aromatic rings. The van der Waals surface area contributed by atoms with Crippen molar-refractivity contribution in [1.82, 2.24) is 0 Å². The van der Waals surface area contributed by atoms with Crippen LogP contribution in [0.3, 0.4) is 0 Å². The number of aryl methyl sites for hydroxylation is 1. The molecule has 21 heavy (non-hydrogen) atoms. The summed E-state index contributed by atoms with van der Waals surface area (Å²) in [6.07, 6.45) is 0. The minimum Gasteiger partial charge on any atom is -0.489 e. The number of ether oxygens (including phenoxy) is 1. The van der Waals surface area contributed by atoms with Gasteiger partial charge in [0.05, 0.1) is 17.3 Å². The summed E-state index contributed by atoms with van der Waals surface area (Å²) in [6.45, 7) is 2.50. The average molecular weight is 324 g/mol. The summed E-state index contributed by atoms with van der Waals surface area (Å²) in [7, 11) is -3.70. The molecule has 0 unspecified atom stereocenters. The van der Waals surface area contributed by atoms with Crippen molar-refractivity contribution in [2.75, 3.05) is 17.5 Å². The van der Waals surface area contributed by atoms with Gasteiger partial charge in [-0.25, -0.2) is 8.42 Å². The van der Waals surface area contributed by atoms with Gasteiger partial charge in [-0.2, -0.15) is 0 Å². The van der Waals surface area contributed by atoms with Crippen LogP contribution >= 0.6 is 11.6 Å². The highest BCUT2D eigenvalue weighted by Crippen LogP contribution is 2.37. The Morgan fingerprint density at radius 2 is 1.95 bits per heavy atom. The highest BCUT2D eigenvalue weighted by molar-refractivity contribution is 7.93. The molecule has 1 heterocycles. The van der Waals surface area contributed by atoms with Crippen LogP contribution in [0.15, 0.2) is 47.4 Å². The van der Waals surface area contributed by atoms with Gasteiger partial charge in [0, 0.05) is 0 Å². The van der Waals surface area contributed by atoms with E-state index in [0.29, 0.717) is 18.0 Å². The van der Waals surface area contributed by atoms with Crippen LogP contribution in [0, 0.1) is 6.92 Å². The zero-order valence-electron chi connectivity index (χ0n) is 11.4. The van der Waals surface area contributed by atoms with Gasteiger partial charge in [0.25, 0.3) is 10.0 Å². The number of halogens is 1. The zero-order valence-corrected chi connectivity index (χ0v) is 13.0. The summed E-state index contributed by atoms with van der Waals surface area (Å²) in [4.78, 5) is 0.112. The normalized spacial score (nSPS) is 14.5. The Morgan fingerprint density at radius 1 is 1.19 bits per heavy atom. The summed E-state index contributed by atoms with van der Waals surface area (Å²) < 4.78 is 32.6. The third kappa shape index (κ3) is 2.47. The van der Waals surface area contributed by atoms with Crippen molar-refractivity contribution in [2.24, 2.45) is 0 Å². The Kier molecular flexibility index (Phi) is 3.55. The van der Waals surface area contributed by atoms with E-state index in [1.54, 1.807) is 24.3 Å². The highest BCUT2D eigenvalue weighted by atomic mass is 35.5. The number of hydrogen-bond acceptors (Lipinski definition) is 3. The molecule has 1 aliphatic rings. The SMILES string of the molecule is Cc1ccc2c(c1)N(S(=O)(=O)c1ccccc1Cl)CCO2. The fourth-order valence-corrected chi connectivity index (χ4v) is 4.27. The molecule has 3 rings (SSSR count). The third-order valence-corrected chi connectivity index (χ3v) is 5.65. The Balaban J connectivity index is 2.14. The summed E-state index contributed by atoms with van der Waals surface area (Å²) in [5.41, 5.74) is 1.53. The summed E-state index contributed by atoms with van der Waals surface area (Å²) in [6, 6.07) is 12.0. The van der Waals surface area contributed by atoms with E-state index in [4.69, 9.17) is 16.3 Å². The van der Waals surface area contributed by atoms with Crippen molar-refractivity contribution >= 4 is 27.3 Å². The number of rotatable bonds is 2. The van der Waals surface area contributed by atoms with Crippen LogP contribution in [0.1, 0.15) is 5.56 Å². The Bertz CT molecular complexity index is 789. The fourth-order valence-electron chi connectivity index (χ4n) is 2.33. The molecule has 0 radical (unpaired) electrons. The molecule has 0 saturated heterocycles. The topological polar surface area (TPSA) is 46.6 Å². The van der Waals surface area contributed by atoms with Crippen LogP contribution in [0.4, 0.5) is 5.69 Å². The molecule has 110 valence electrons. The monoisotopic (exact) mass is 323 g/mol. The second kappa shape index (κ2) is 5.24. The van der Waals surface area contributed by atoms with Gasteiger partial charge in [0.15, 0.2) is 0 Å². The minimum absolute atomic E-state index is 0.112. The van der Waals surface area contributed by atoms with Gasteiger partial charge in [-0.1, -0.05) is 29.8 Å². The second-order valence-corrected chi connectivity index (χ2v) is 7.07. The molecule has 0 saturated carbocycles. The van der Waals surface area contributed by atoms with E-state index in [0.717, 1.165) is 5.56 Å². The van der Waals surface area contributed by atoms with Crippen molar-refractivity contribution in [1.29, 1.82) is 0 Å². The maximum atomic E-state index is 12.9. The number of hydrogen-bond donors (Lipinski definition) is 0. The molecule has 0 aliphatic carbocycles. The van der Waals surface area contributed by atoms with Gasteiger partial charge in [0.1, 0.15) is 17.3 Å². The lowest BCUT2D eigenvalue weighted by molar-refractivity contribution is 0.315. The van der Waals surface area contributed by atoms with Crippen LogP contribution in [0.5, 0.6) is 5.75 Å². The van der Waals surface area contributed by atoms with E-state index in [1.165, 1.54) is 10.4 Å². The van der Waals surface area contributed by atoms with Crippen LogP contribution < -0.4 is 9.04 Å². The fraction of sp³-hybridized carbons (Fsp3) is 0.200. The number of sulfonamides is 1. The highest BCUT2D eigenvalue weighted by Gasteiger charge is 2.31. The molecule has 0 spiro atoms. The molecule has 0 bridgehead atoms. The van der Waals surface area contributed by atoms with Gasteiger partial charge >= 0.3 is 0 Å². The van der Waals surface area contributed by atoms with Gasteiger partial charge < -0.3 is 4.74 Å². The zero-order chi connectivity index (χ0) is 15.0. The first kappa shape index (κ1) is 14.2. The van der Waals surface area contributed by atoms with E-state index in [9.17, 15) is 8.42 Å². The molecular formula is C15H14ClNO3S. The van der Waals surface area contributed by atoms with Gasteiger partial charge in [-0.05, 0) is 36.8 Å². The van der Waals surface area contributed by atoms with E-state index < -0.39 is 10.0 Å². The van der Waals surface area contributed by atoms with Gasteiger partial charge in [-0.3, -0.25) is 4.31 Å². The quantitative estimate of drug-likeness (QED) is 0.852. The molecular weight excluding hydrogens is 310 g/mol. The maximum absolute atomic E-state index is 12.9. The number of fused-ring (bicyclic) bond motifs is 1. The van der Waals surface area contributed by atoms with Crippen LogP contribution in [0.2, 0.25) is 5.02 Å². The first-order chi connectivity index (χ1) is 10.00. The number of nitrogens with zero attached hydrogens (tertiary/aromatic N) is 1. The largest absolute Gasteiger partial charge is 0.489 e. The Morgan fingerprint density at radius 3 is 2.71 bits per heavy atom. The first-order valence-electron chi connectivity index (χ1n) is 6.51. The smallest absolute Gasteiger partial charge is 0.266 e. The maximum Gasteiger partial charge on any atom is 0.266 e. The van der Waals surface area contributed by atoms with Crippen molar-refractivity contribution in [3.05, 3.63) is 53.1 Å². The molecule has 2 aromatic carbocycles. The molecule has 0 atom stereocenters. The molecule has 0 N–H and O–H groups in total. The first-order valence-corrected chi connectivity index (χ1v) is 8.33. The lowest BCUT2D eigenvalue weighted by Gasteiger charge is -2.31. The summed E-state index contributed by atoms with van der Waals surface area (Å²) >= 11 is 6.05. The Hall–Kier alpha value is -1.72. The molecule has 4 nitrogen and oxygen atoms in total. The lowest BCUT2D eigenvalue weighted by Crippen LogP contribution is -2.38. The van der Waals surface area contributed by atoms with Crippen molar-refractivity contribution in [3.63, 3.8) is 0 Å². The standard InChI is InChI=1S/C15H14ClNO3S/c1-11-6-7-14-13(10-11)17(8-9-20-14)21(18,19)15-5-3-2-4-12(15)16/h2-7,10H,8-9H2,1H3. The molecule has 6 heteroatoms.